The fourth-order valence-electron chi connectivity index (χ4n) is 7.40. The maximum absolute atomic E-state index is 6.57. The molecule has 2 aromatic heterocycles. The van der Waals surface area contributed by atoms with Crippen molar-refractivity contribution in [3.8, 4) is 62.6 Å². The third kappa shape index (κ3) is 8.97. The normalized spacial score (nSPS) is 12.5. The Morgan fingerprint density at radius 1 is 0.672 bits per heavy atom. The average Bonchev–Trinajstić information content (AvgIpc) is 4.04. The van der Waals surface area contributed by atoms with Gasteiger partial charge in [-0.1, -0.05) is 93.8 Å². The van der Waals surface area contributed by atoms with Gasteiger partial charge in [-0.05, 0) is 41.3 Å². The number of hydrogen-bond donors (Lipinski definition) is 0. The molecule has 1 aliphatic heterocycles. The summed E-state index contributed by atoms with van der Waals surface area (Å²) in [5.74, 6) is 2.34. The first-order valence-corrected chi connectivity index (χ1v) is 19.0. The van der Waals surface area contributed by atoms with Crippen molar-refractivity contribution in [1.29, 1.82) is 0 Å². The van der Waals surface area contributed by atoms with E-state index in [-0.39, 0.29) is 42.1 Å². The fourth-order valence-corrected chi connectivity index (χ4v) is 7.40. The van der Waals surface area contributed by atoms with Gasteiger partial charge in [0.25, 0.3) is 6.20 Å². The van der Waals surface area contributed by atoms with Crippen molar-refractivity contribution in [2.75, 3.05) is 7.05 Å². The van der Waals surface area contributed by atoms with Crippen molar-refractivity contribution in [2.45, 2.75) is 12.3 Å². The molecule has 6 nitrogen and oxygen atoms in total. The molecular weight excluding hydrogens is 1110 g/mol. The zero-order chi connectivity index (χ0) is 40.2. The number of rotatable bonds is 8. The molecule has 0 unspecified atom stereocenters. The van der Waals surface area contributed by atoms with Crippen LogP contribution in [0.25, 0.3) is 33.5 Å². The van der Waals surface area contributed by atoms with Crippen molar-refractivity contribution < 1.29 is 60.8 Å². The number of hydrogen-bond acceptors (Lipinski definition) is 3. The molecule has 10 rings (SSSR count). The molecule has 0 N–H and O–H groups in total. The van der Waals surface area contributed by atoms with Crippen LogP contribution in [0.2, 0.25) is 0 Å². The maximum Gasteiger partial charge on any atom is 4.00 e. The number of ether oxygens (including phenoxy) is 2. The fraction of sp³-hybridized carbons (Fsp3) is 0.0566. The van der Waals surface area contributed by atoms with Crippen LogP contribution in [-0.4, -0.2) is 31.8 Å². The Hall–Kier alpha value is -6.59. The summed E-state index contributed by atoms with van der Waals surface area (Å²) in [6.45, 7) is 2.29. The summed E-state index contributed by atoms with van der Waals surface area (Å²) in [6.07, 6.45) is 15.6. The third-order valence-electron chi connectivity index (χ3n) is 10.3. The summed E-state index contributed by atoms with van der Waals surface area (Å²) >= 11 is 0. The molecule has 6 aromatic carbocycles. The molecule has 61 heavy (non-hydrogen) atoms. The Balaban J connectivity index is 0.000000569. The molecular formula is C53H34N4O2Pt2+2. The predicted octanol–water partition coefficient (Wildman–Crippen LogP) is 11.2. The van der Waals surface area contributed by atoms with E-state index >= 15 is 0 Å². The van der Waals surface area contributed by atoms with Gasteiger partial charge in [-0.15, -0.1) is 47.5 Å². The molecule has 8 aromatic rings. The largest absolute Gasteiger partial charge is 4.00 e. The van der Waals surface area contributed by atoms with Gasteiger partial charge in [0.05, 0.1) is 0 Å². The first-order valence-electron chi connectivity index (χ1n) is 19.0. The van der Waals surface area contributed by atoms with Gasteiger partial charge >= 0.3 is 48.1 Å². The topological polar surface area (TPSA) is 42.3 Å². The first kappa shape index (κ1) is 42.5. The van der Waals surface area contributed by atoms with Gasteiger partial charge in [-0.25, -0.2) is 18.2 Å². The molecule has 2 aliphatic rings. The monoisotopic (exact) mass is 1150 g/mol. The predicted molar refractivity (Wildman–Crippen MR) is 227 cm³/mol. The van der Waals surface area contributed by atoms with Gasteiger partial charge < -0.3 is 25.4 Å². The van der Waals surface area contributed by atoms with Crippen molar-refractivity contribution in [3.05, 3.63) is 224 Å². The van der Waals surface area contributed by atoms with Crippen LogP contribution in [-0.2, 0) is 47.5 Å². The van der Waals surface area contributed by atoms with Crippen LogP contribution in [0.3, 0.4) is 0 Å². The van der Waals surface area contributed by atoms with E-state index in [1.54, 1.807) is 23.2 Å². The molecule has 0 bridgehead atoms. The molecule has 0 spiro atoms. The Morgan fingerprint density at radius 3 is 2.00 bits per heavy atom. The van der Waals surface area contributed by atoms with E-state index in [4.69, 9.17) is 20.9 Å². The molecule has 8 heteroatoms. The van der Waals surface area contributed by atoms with Crippen LogP contribution in [0.4, 0.5) is 5.69 Å². The van der Waals surface area contributed by atoms with E-state index in [0.29, 0.717) is 23.0 Å². The van der Waals surface area contributed by atoms with Crippen LogP contribution in [0.1, 0.15) is 23.6 Å². The van der Waals surface area contributed by atoms with Gasteiger partial charge in [0.15, 0.2) is 7.05 Å². The minimum atomic E-state index is -0.434. The summed E-state index contributed by atoms with van der Waals surface area (Å²) < 4.78 is 17.9. The Kier molecular flexibility index (Phi) is 13.1. The Morgan fingerprint density at radius 2 is 1.33 bits per heavy atom. The number of pyridine rings is 1. The molecule has 0 amide bonds. The summed E-state index contributed by atoms with van der Waals surface area (Å²) in [7, 11) is 1.93. The van der Waals surface area contributed by atoms with Gasteiger partial charge in [0, 0.05) is 40.8 Å². The van der Waals surface area contributed by atoms with E-state index in [0.717, 1.165) is 33.6 Å². The van der Waals surface area contributed by atoms with Gasteiger partial charge in [0.1, 0.15) is 5.69 Å². The number of benzene rings is 6. The van der Waals surface area contributed by atoms with Crippen LogP contribution in [0.5, 0.6) is 23.0 Å². The zero-order valence-electron chi connectivity index (χ0n) is 32.9. The van der Waals surface area contributed by atoms with Gasteiger partial charge in [-0.2, -0.15) is 36.4 Å². The Labute approximate surface area is 385 Å². The van der Waals surface area contributed by atoms with Crippen molar-refractivity contribution in [2.24, 2.45) is 0 Å². The van der Waals surface area contributed by atoms with Crippen LogP contribution >= 0.6 is 0 Å². The van der Waals surface area contributed by atoms with Crippen LogP contribution < -0.4 is 9.47 Å². The zero-order valence-corrected chi connectivity index (χ0v) is 37.4. The summed E-state index contributed by atoms with van der Waals surface area (Å²) in [5, 5.41) is 0. The van der Waals surface area contributed by atoms with Crippen molar-refractivity contribution in [3.63, 3.8) is 0 Å². The van der Waals surface area contributed by atoms with Crippen LogP contribution in [0.15, 0.2) is 171 Å². The van der Waals surface area contributed by atoms with E-state index in [9.17, 15) is 0 Å². The summed E-state index contributed by atoms with van der Waals surface area (Å²) in [4.78, 5) is 4.69. The number of fused-ring (bicyclic) bond motifs is 3. The van der Waals surface area contributed by atoms with Crippen molar-refractivity contribution in [1.82, 2.24) is 9.55 Å². The first-order chi connectivity index (χ1) is 28.9. The minimum absolute atomic E-state index is 0. The summed E-state index contributed by atoms with van der Waals surface area (Å²) in [6, 6.07) is 68.7. The Bertz CT molecular complexity index is 2940. The standard InChI is InChI=1S/C47H30N3O2.C6H4N.2Pt/c1-47(44-20-8-6-18-42(44)43-19-7-9-21-45(43)47)36-26-35(28-41(30-36)51-38-14-4-3-5-15-38)33-22-23-48-46(29-33)34-12-10-16-39(27-34)52-40-17-11-13-37(31-40)50-25-24-49(2)32-50;1-2-7-5-3-4-6-7;;/h3-14,16-21,23-26,29-30H,1-2H3;3-6H;;/q-3;-1;+2;+4. The second-order valence-electron chi connectivity index (χ2n) is 14.0. The number of nitrogens with zero attached hydrogens (tertiary/aromatic N) is 4. The van der Waals surface area contributed by atoms with Crippen molar-refractivity contribution >= 4 is 11.7 Å². The molecule has 0 saturated heterocycles. The molecule has 0 radical (unpaired) electrons. The molecule has 1 aliphatic carbocycles. The summed E-state index contributed by atoms with van der Waals surface area (Å²) in [5.41, 5.74) is 9.64. The van der Waals surface area contributed by atoms with Crippen LogP contribution in [0, 0.1) is 42.8 Å². The quantitative estimate of drug-likeness (QED) is 0.0865. The number of para-hydroxylation sites is 1. The second-order valence-corrected chi connectivity index (χ2v) is 14.0. The van der Waals surface area contributed by atoms with E-state index in [1.165, 1.54) is 22.3 Å². The van der Waals surface area contributed by atoms with Gasteiger partial charge in [0.2, 0.25) is 6.20 Å². The molecule has 0 atom stereocenters. The average molecular weight is 1150 g/mol. The number of aromatic nitrogens is 2. The van der Waals surface area contributed by atoms with E-state index < -0.39 is 5.41 Å². The third-order valence-corrected chi connectivity index (χ3v) is 10.3. The van der Waals surface area contributed by atoms with Gasteiger partial charge in [-0.3, -0.25) is 11.1 Å². The van der Waals surface area contributed by atoms with E-state index in [2.05, 4.69) is 110 Å². The minimum Gasteiger partial charge on any atom is -0.669 e. The molecule has 0 fully saturated rings. The molecule has 296 valence electrons. The smallest absolute Gasteiger partial charge is 0.669 e. The molecule has 3 heterocycles. The molecule has 0 saturated carbocycles. The van der Waals surface area contributed by atoms with E-state index in [1.807, 2.05) is 107 Å². The second kappa shape index (κ2) is 18.8. The SMILES string of the molecule is C[N+]1=C=[N+](c2[c-]c(Oc3[c-]c(-c4cc(-c5[c-]c(Oc6[c-]cccc6)cc(C6(C)c7ccccc7-c7ccccc76)c5)[c-]cn4)ccc3)ccc2)C=C1.[C-]#Cn1cccc1.[Pt+2].[Pt+4]. The maximum atomic E-state index is 6.57.